The fourth-order valence-corrected chi connectivity index (χ4v) is 3.14. The van der Waals surface area contributed by atoms with Crippen molar-refractivity contribution < 1.29 is 14.3 Å². The zero-order valence-corrected chi connectivity index (χ0v) is 17.0. The summed E-state index contributed by atoms with van der Waals surface area (Å²) >= 11 is 6.73. The number of amides is 2. The van der Waals surface area contributed by atoms with Crippen LogP contribution in [0.2, 0.25) is 0 Å². The Morgan fingerprint density at radius 1 is 1.08 bits per heavy atom. The van der Waals surface area contributed by atoms with Gasteiger partial charge < -0.3 is 15.4 Å². The van der Waals surface area contributed by atoms with E-state index in [0.29, 0.717) is 17.0 Å². The number of halogens is 2. The normalized spacial score (nSPS) is 10.4. The van der Waals surface area contributed by atoms with Crippen molar-refractivity contribution >= 4 is 49.4 Å². The van der Waals surface area contributed by atoms with E-state index < -0.39 is 0 Å². The molecule has 0 aliphatic carbocycles. The molecule has 2 aromatic rings. The number of rotatable bonds is 6. The summed E-state index contributed by atoms with van der Waals surface area (Å²) in [6.45, 7) is 3.68. The van der Waals surface area contributed by atoms with E-state index in [1.807, 2.05) is 26.0 Å². The Kier molecular flexibility index (Phi) is 7.01. The standard InChI is InChI=1S/C18H18Br2N2O3/c1-11(2)21-18(24)12-3-6-14(7-4-12)22-17(23)10-25-16-8-5-13(19)9-15(16)20/h3-9,11H,10H2,1-2H3,(H,21,24)(H,22,23). The molecule has 25 heavy (non-hydrogen) atoms. The largest absolute Gasteiger partial charge is 0.483 e. The number of carbonyl (C=O) groups is 2. The third-order valence-electron chi connectivity index (χ3n) is 3.10. The SMILES string of the molecule is CC(C)NC(=O)c1ccc(NC(=O)COc2ccc(Br)cc2Br)cc1. The van der Waals surface area contributed by atoms with Crippen LogP contribution in [-0.4, -0.2) is 24.5 Å². The molecule has 0 unspecified atom stereocenters. The molecule has 2 rings (SSSR count). The number of anilines is 1. The maximum Gasteiger partial charge on any atom is 0.262 e. The first-order valence-electron chi connectivity index (χ1n) is 7.64. The van der Waals surface area contributed by atoms with Crippen LogP contribution >= 0.6 is 31.9 Å². The number of ether oxygens (including phenoxy) is 1. The average Bonchev–Trinajstić information content (AvgIpc) is 2.54. The van der Waals surface area contributed by atoms with Crippen molar-refractivity contribution in [2.75, 3.05) is 11.9 Å². The lowest BCUT2D eigenvalue weighted by atomic mass is 10.2. The average molecular weight is 470 g/mol. The first-order chi connectivity index (χ1) is 11.8. The summed E-state index contributed by atoms with van der Waals surface area (Å²) in [5.74, 6) is 0.157. The Balaban J connectivity index is 1.89. The van der Waals surface area contributed by atoms with E-state index in [1.54, 1.807) is 30.3 Å². The zero-order chi connectivity index (χ0) is 18.4. The first-order valence-corrected chi connectivity index (χ1v) is 9.22. The van der Waals surface area contributed by atoms with E-state index in [2.05, 4.69) is 42.5 Å². The first kappa shape index (κ1) is 19.5. The van der Waals surface area contributed by atoms with Gasteiger partial charge in [-0.05, 0) is 72.2 Å². The molecule has 0 aliphatic heterocycles. The van der Waals surface area contributed by atoms with Crippen LogP contribution in [0.5, 0.6) is 5.75 Å². The highest BCUT2D eigenvalue weighted by Crippen LogP contribution is 2.28. The molecule has 0 saturated heterocycles. The second-order valence-electron chi connectivity index (χ2n) is 5.62. The molecule has 0 bridgehead atoms. The zero-order valence-electron chi connectivity index (χ0n) is 13.8. The molecule has 0 atom stereocenters. The molecule has 2 amide bonds. The molecule has 0 spiro atoms. The van der Waals surface area contributed by atoms with Crippen LogP contribution in [0.1, 0.15) is 24.2 Å². The van der Waals surface area contributed by atoms with Gasteiger partial charge in [0, 0.05) is 21.8 Å². The summed E-state index contributed by atoms with van der Waals surface area (Å²) in [7, 11) is 0. The van der Waals surface area contributed by atoms with Gasteiger partial charge in [0.2, 0.25) is 0 Å². The van der Waals surface area contributed by atoms with Gasteiger partial charge in [0.25, 0.3) is 11.8 Å². The number of hydrogen-bond acceptors (Lipinski definition) is 3. The van der Waals surface area contributed by atoms with Crippen LogP contribution in [0.25, 0.3) is 0 Å². The Hall–Kier alpha value is -1.86. The minimum Gasteiger partial charge on any atom is -0.483 e. The molecular weight excluding hydrogens is 452 g/mol. The predicted molar refractivity (Wildman–Crippen MR) is 105 cm³/mol. The quantitative estimate of drug-likeness (QED) is 0.660. The molecule has 0 aromatic heterocycles. The summed E-state index contributed by atoms with van der Waals surface area (Å²) in [5, 5.41) is 5.54. The second kappa shape index (κ2) is 9.01. The molecule has 2 N–H and O–H groups in total. The van der Waals surface area contributed by atoms with Crippen LogP contribution in [0.4, 0.5) is 5.69 Å². The molecule has 132 valence electrons. The number of benzene rings is 2. The van der Waals surface area contributed by atoms with Gasteiger partial charge in [-0.1, -0.05) is 15.9 Å². The Morgan fingerprint density at radius 2 is 1.76 bits per heavy atom. The summed E-state index contributed by atoms with van der Waals surface area (Å²) in [5.41, 5.74) is 1.14. The van der Waals surface area contributed by atoms with Crippen molar-refractivity contribution in [3.63, 3.8) is 0 Å². The smallest absolute Gasteiger partial charge is 0.262 e. The lowest BCUT2D eigenvalue weighted by Crippen LogP contribution is -2.30. The van der Waals surface area contributed by atoms with E-state index in [0.717, 1.165) is 8.95 Å². The number of nitrogens with one attached hydrogen (secondary N) is 2. The van der Waals surface area contributed by atoms with Gasteiger partial charge in [0.1, 0.15) is 5.75 Å². The van der Waals surface area contributed by atoms with Gasteiger partial charge in [-0.3, -0.25) is 9.59 Å². The van der Waals surface area contributed by atoms with Crippen molar-refractivity contribution in [1.82, 2.24) is 5.32 Å². The van der Waals surface area contributed by atoms with E-state index in [-0.39, 0.29) is 24.5 Å². The fraction of sp³-hybridized carbons (Fsp3) is 0.222. The number of hydrogen-bond donors (Lipinski definition) is 2. The lowest BCUT2D eigenvalue weighted by Gasteiger charge is -2.10. The predicted octanol–water partition coefficient (Wildman–Crippen LogP) is 4.37. The maximum absolute atomic E-state index is 12.0. The molecule has 0 heterocycles. The second-order valence-corrected chi connectivity index (χ2v) is 7.39. The van der Waals surface area contributed by atoms with E-state index in [4.69, 9.17) is 4.74 Å². The monoisotopic (exact) mass is 468 g/mol. The van der Waals surface area contributed by atoms with Crippen molar-refractivity contribution in [3.8, 4) is 5.75 Å². The molecule has 0 aliphatic rings. The van der Waals surface area contributed by atoms with Gasteiger partial charge in [-0.25, -0.2) is 0 Å². The molecular formula is C18H18Br2N2O3. The Bertz CT molecular complexity index is 761. The third-order valence-corrected chi connectivity index (χ3v) is 4.22. The van der Waals surface area contributed by atoms with Crippen molar-refractivity contribution in [2.24, 2.45) is 0 Å². The van der Waals surface area contributed by atoms with Crippen LogP contribution < -0.4 is 15.4 Å². The Labute approximate surface area is 163 Å². The van der Waals surface area contributed by atoms with Crippen molar-refractivity contribution in [1.29, 1.82) is 0 Å². The van der Waals surface area contributed by atoms with Crippen LogP contribution in [0.15, 0.2) is 51.4 Å². The van der Waals surface area contributed by atoms with Crippen LogP contribution in [0.3, 0.4) is 0 Å². The van der Waals surface area contributed by atoms with Crippen molar-refractivity contribution in [3.05, 3.63) is 57.0 Å². The summed E-state index contributed by atoms with van der Waals surface area (Å²) in [6, 6.07) is 12.2. The van der Waals surface area contributed by atoms with Crippen molar-refractivity contribution in [2.45, 2.75) is 19.9 Å². The van der Waals surface area contributed by atoms with Crippen LogP contribution in [-0.2, 0) is 4.79 Å². The summed E-state index contributed by atoms with van der Waals surface area (Å²) in [6.07, 6.45) is 0. The van der Waals surface area contributed by atoms with E-state index >= 15 is 0 Å². The molecule has 5 nitrogen and oxygen atoms in total. The topological polar surface area (TPSA) is 67.4 Å². The highest BCUT2D eigenvalue weighted by molar-refractivity contribution is 9.11. The summed E-state index contributed by atoms with van der Waals surface area (Å²) in [4.78, 5) is 23.9. The van der Waals surface area contributed by atoms with Gasteiger partial charge in [0.05, 0.1) is 4.47 Å². The van der Waals surface area contributed by atoms with Gasteiger partial charge in [-0.15, -0.1) is 0 Å². The van der Waals surface area contributed by atoms with E-state index in [9.17, 15) is 9.59 Å². The highest BCUT2D eigenvalue weighted by atomic mass is 79.9. The molecule has 0 radical (unpaired) electrons. The van der Waals surface area contributed by atoms with Gasteiger partial charge in [0.15, 0.2) is 6.61 Å². The molecule has 2 aromatic carbocycles. The fourth-order valence-electron chi connectivity index (χ4n) is 1.98. The maximum atomic E-state index is 12.0. The Morgan fingerprint density at radius 3 is 2.36 bits per heavy atom. The van der Waals surface area contributed by atoms with Gasteiger partial charge >= 0.3 is 0 Å². The molecule has 7 heteroatoms. The van der Waals surface area contributed by atoms with E-state index in [1.165, 1.54) is 0 Å². The molecule has 0 fully saturated rings. The highest BCUT2D eigenvalue weighted by Gasteiger charge is 2.09. The lowest BCUT2D eigenvalue weighted by molar-refractivity contribution is -0.118. The third kappa shape index (κ3) is 6.17. The van der Waals surface area contributed by atoms with Crippen LogP contribution in [0, 0.1) is 0 Å². The minimum atomic E-state index is -0.283. The minimum absolute atomic E-state index is 0.0713. The summed E-state index contributed by atoms with van der Waals surface area (Å²) < 4.78 is 7.16. The number of carbonyl (C=O) groups excluding carboxylic acids is 2. The molecule has 0 saturated carbocycles. The van der Waals surface area contributed by atoms with Gasteiger partial charge in [-0.2, -0.15) is 0 Å².